The standard InChI is InChI=1S/C15H16ClNO2/c1-9-6-11(7-10(2)17-9)15(18)13-8-12(16)4-5-14(13)19-3/h4-8,15,18H,1-3H3. The second-order valence-electron chi connectivity index (χ2n) is 4.47. The zero-order valence-corrected chi connectivity index (χ0v) is 11.9. The third-order valence-electron chi connectivity index (χ3n) is 2.91. The minimum atomic E-state index is -0.783. The first-order chi connectivity index (χ1) is 9.01. The second kappa shape index (κ2) is 5.59. The predicted octanol–water partition coefficient (Wildman–Crippen LogP) is 3.44. The summed E-state index contributed by atoms with van der Waals surface area (Å²) in [5.41, 5.74) is 3.18. The summed E-state index contributed by atoms with van der Waals surface area (Å²) < 4.78 is 5.27. The van der Waals surface area contributed by atoms with Crippen molar-refractivity contribution in [2.24, 2.45) is 0 Å². The van der Waals surface area contributed by atoms with Crippen molar-refractivity contribution in [1.29, 1.82) is 0 Å². The smallest absolute Gasteiger partial charge is 0.125 e. The van der Waals surface area contributed by atoms with Crippen LogP contribution in [0.4, 0.5) is 0 Å². The second-order valence-corrected chi connectivity index (χ2v) is 4.91. The van der Waals surface area contributed by atoms with Gasteiger partial charge in [0, 0.05) is 22.0 Å². The molecule has 0 amide bonds. The summed E-state index contributed by atoms with van der Waals surface area (Å²) in [6, 6.07) is 8.92. The summed E-state index contributed by atoms with van der Waals surface area (Å²) in [5, 5.41) is 11.1. The Morgan fingerprint density at radius 1 is 1.16 bits per heavy atom. The molecule has 19 heavy (non-hydrogen) atoms. The molecule has 4 heteroatoms. The number of methoxy groups -OCH3 is 1. The van der Waals surface area contributed by atoms with E-state index < -0.39 is 6.10 Å². The van der Waals surface area contributed by atoms with E-state index in [1.165, 1.54) is 0 Å². The van der Waals surface area contributed by atoms with Crippen molar-refractivity contribution in [3.05, 3.63) is 57.9 Å². The molecule has 0 saturated carbocycles. The van der Waals surface area contributed by atoms with Gasteiger partial charge in [-0.25, -0.2) is 0 Å². The number of pyridine rings is 1. The maximum atomic E-state index is 10.5. The van der Waals surface area contributed by atoms with Crippen LogP contribution in [0.5, 0.6) is 5.75 Å². The number of benzene rings is 1. The molecule has 2 aromatic rings. The highest BCUT2D eigenvalue weighted by atomic mass is 35.5. The van der Waals surface area contributed by atoms with Crippen LogP contribution in [0.2, 0.25) is 5.02 Å². The van der Waals surface area contributed by atoms with Crippen LogP contribution in [0, 0.1) is 13.8 Å². The Labute approximate surface area is 117 Å². The zero-order valence-electron chi connectivity index (χ0n) is 11.1. The number of halogens is 1. The van der Waals surface area contributed by atoms with Crippen LogP contribution in [0.3, 0.4) is 0 Å². The van der Waals surface area contributed by atoms with Crippen LogP contribution in [0.25, 0.3) is 0 Å². The van der Waals surface area contributed by atoms with E-state index in [2.05, 4.69) is 4.98 Å². The molecule has 1 aromatic carbocycles. The monoisotopic (exact) mass is 277 g/mol. The minimum absolute atomic E-state index is 0.567. The van der Waals surface area contributed by atoms with Gasteiger partial charge in [0.25, 0.3) is 0 Å². The van der Waals surface area contributed by atoms with E-state index in [0.29, 0.717) is 16.3 Å². The molecule has 1 unspecified atom stereocenters. The maximum absolute atomic E-state index is 10.5. The molecule has 3 nitrogen and oxygen atoms in total. The molecule has 0 aliphatic rings. The van der Waals surface area contributed by atoms with Gasteiger partial charge in [-0.2, -0.15) is 0 Å². The van der Waals surface area contributed by atoms with Gasteiger partial charge in [-0.15, -0.1) is 0 Å². The Morgan fingerprint density at radius 3 is 2.37 bits per heavy atom. The molecule has 0 radical (unpaired) electrons. The molecule has 2 rings (SSSR count). The van der Waals surface area contributed by atoms with Crippen LogP contribution in [0.15, 0.2) is 30.3 Å². The largest absolute Gasteiger partial charge is 0.496 e. The number of rotatable bonds is 3. The lowest BCUT2D eigenvalue weighted by Gasteiger charge is -2.16. The van der Waals surface area contributed by atoms with E-state index in [4.69, 9.17) is 16.3 Å². The van der Waals surface area contributed by atoms with Crippen LogP contribution in [-0.4, -0.2) is 17.2 Å². The summed E-state index contributed by atoms with van der Waals surface area (Å²) in [6.45, 7) is 3.80. The Hall–Kier alpha value is -1.58. The molecule has 0 aliphatic heterocycles. The molecule has 0 saturated heterocycles. The Kier molecular flexibility index (Phi) is 4.08. The summed E-state index contributed by atoms with van der Waals surface area (Å²) in [7, 11) is 1.57. The number of nitrogens with zero attached hydrogens (tertiary/aromatic N) is 1. The molecular formula is C15H16ClNO2. The van der Waals surface area contributed by atoms with Crippen molar-refractivity contribution < 1.29 is 9.84 Å². The lowest BCUT2D eigenvalue weighted by atomic mass is 10.00. The van der Waals surface area contributed by atoms with E-state index in [9.17, 15) is 5.11 Å². The zero-order chi connectivity index (χ0) is 14.0. The van der Waals surface area contributed by atoms with Crippen LogP contribution in [-0.2, 0) is 0 Å². The quantitative estimate of drug-likeness (QED) is 0.934. The highest BCUT2D eigenvalue weighted by Gasteiger charge is 2.16. The van der Waals surface area contributed by atoms with Gasteiger partial charge in [0.2, 0.25) is 0 Å². The fraction of sp³-hybridized carbons (Fsp3) is 0.267. The molecule has 0 aliphatic carbocycles. The summed E-state index contributed by atoms with van der Waals surface area (Å²) >= 11 is 5.99. The Bertz CT molecular complexity index is 578. The lowest BCUT2D eigenvalue weighted by molar-refractivity contribution is 0.214. The van der Waals surface area contributed by atoms with Crippen LogP contribution < -0.4 is 4.74 Å². The molecular weight excluding hydrogens is 262 g/mol. The maximum Gasteiger partial charge on any atom is 0.125 e. The molecule has 1 atom stereocenters. The number of aryl methyl sites for hydroxylation is 2. The summed E-state index contributed by atoms with van der Waals surface area (Å²) in [4.78, 5) is 4.30. The fourth-order valence-electron chi connectivity index (χ4n) is 2.12. The average Bonchev–Trinajstić information content (AvgIpc) is 2.36. The SMILES string of the molecule is COc1ccc(Cl)cc1C(O)c1cc(C)nc(C)c1. The van der Waals surface area contributed by atoms with Gasteiger partial charge in [0.1, 0.15) is 11.9 Å². The predicted molar refractivity (Wildman–Crippen MR) is 75.8 cm³/mol. The van der Waals surface area contributed by atoms with Gasteiger partial charge >= 0.3 is 0 Å². The lowest BCUT2D eigenvalue weighted by Crippen LogP contribution is -2.04. The van der Waals surface area contributed by atoms with Crippen molar-refractivity contribution in [3.63, 3.8) is 0 Å². The average molecular weight is 278 g/mol. The Balaban J connectivity index is 2.48. The molecule has 1 aromatic heterocycles. The van der Waals surface area contributed by atoms with Crippen LogP contribution in [0.1, 0.15) is 28.6 Å². The van der Waals surface area contributed by atoms with E-state index in [0.717, 1.165) is 17.0 Å². The normalized spacial score (nSPS) is 12.3. The van der Waals surface area contributed by atoms with E-state index in [-0.39, 0.29) is 0 Å². The van der Waals surface area contributed by atoms with E-state index in [1.54, 1.807) is 25.3 Å². The van der Waals surface area contributed by atoms with E-state index in [1.807, 2.05) is 26.0 Å². The van der Waals surface area contributed by atoms with Gasteiger partial charge in [-0.1, -0.05) is 11.6 Å². The minimum Gasteiger partial charge on any atom is -0.496 e. The summed E-state index contributed by atoms with van der Waals surface area (Å²) in [5.74, 6) is 0.615. The molecule has 1 heterocycles. The van der Waals surface area contributed by atoms with Crippen molar-refractivity contribution in [2.45, 2.75) is 20.0 Å². The number of aliphatic hydroxyl groups is 1. The third-order valence-corrected chi connectivity index (χ3v) is 3.14. The number of aromatic nitrogens is 1. The highest BCUT2D eigenvalue weighted by molar-refractivity contribution is 6.30. The third kappa shape index (κ3) is 3.06. The van der Waals surface area contributed by atoms with E-state index >= 15 is 0 Å². The topological polar surface area (TPSA) is 42.4 Å². The van der Waals surface area contributed by atoms with Gasteiger partial charge in [-0.05, 0) is 49.7 Å². The van der Waals surface area contributed by atoms with Gasteiger partial charge < -0.3 is 9.84 Å². The van der Waals surface area contributed by atoms with Gasteiger partial charge in [0.05, 0.1) is 7.11 Å². The highest BCUT2D eigenvalue weighted by Crippen LogP contribution is 2.32. The van der Waals surface area contributed by atoms with Gasteiger partial charge in [-0.3, -0.25) is 4.98 Å². The summed E-state index contributed by atoms with van der Waals surface area (Å²) in [6.07, 6.45) is -0.783. The first-order valence-corrected chi connectivity index (χ1v) is 6.35. The first-order valence-electron chi connectivity index (χ1n) is 5.98. The van der Waals surface area contributed by atoms with Crippen LogP contribution >= 0.6 is 11.6 Å². The number of hydrogen-bond acceptors (Lipinski definition) is 3. The fourth-order valence-corrected chi connectivity index (χ4v) is 2.30. The van der Waals surface area contributed by atoms with Gasteiger partial charge in [0.15, 0.2) is 0 Å². The molecule has 100 valence electrons. The molecule has 1 N–H and O–H groups in total. The Morgan fingerprint density at radius 2 is 1.79 bits per heavy atom. The van der Waals surface area contributed by atoms with Crippen molar-refractivity contribution in [3.8, 4) is 5.75 Å². The number of aliphatic hydroxyl groups excluding tert-OH is 1. The molecule has 0 bridgehead atoms. The first kappa shape index (κ1) is 13.8. The molecule has 0 spiro atoms. The molecule has 0 fully saturated rings. The van der Waals surface area contributed by atoms with Crippen molar-refractivity contribution in [1.82, 2.24) is 4.98 Å². The van der Waals surface area contributed by atoms with Crippen molar-refractivity contribution >= 4 is 11.6 Å². The van der Waals surface area contributed by atoms with Crippen molar-refractivity contribution in [2.75, 3.05) is 7.11 Å². The number of ether oxygens (including phenoxy) is 1. The number of hydrogen-bond donors (Lipinski definition) is 1.